The lowest BCUT2D eigenvalue weighted by molar-refractivity contribution is -0.383. The van der Waals surface area contributed by atoms with Crippen molar-refractivity contribution in [2.75, 3.05) is 18.5 Å². The Balaban J connectivity index is 1.83. The molecule has 2 rings (SSSR count). The molecular weight excluding hydrogens is 432 g/mol. The van der Waals surface area contributed by atoms with E-state index in [1.54, 1.807) is 24.3 Å². The number of hydrogen-bond donors (Lipinski definition) is 1. The minimum Gasteiger partial charge on any atom is -0.482 e. The van der Waals surface area contributed by atoms with E-state index in [-0.39, 0.29) is 23.0 Å². The number of ether oxygens (including phenoxy) is 2. The third-order valence-electron chi connectivity index (χ3n) is 2.95. The van der Waals surface area contributed by atoms with E-state index in [0.717, 1.165) is 10.5 Å². The number of nitrogens with zero attached hydrogens (tertiary/aromatic N) is 1. The number of nitro groups is 1. The van der Waals surface area contributed by atoms with Gasteiger partial charge in [0.15, 0.2) is 13.2 Å². The quantitative estimate of drug-likeness (QED) is 0.398. The molecule has 0 bridgehead atoms. The fourth-order valence-electron chi connectivity index (χ4n) is 1.83. The first-order chi connectivity index (χ1) is 12.3. The molecule has 0 aliphatic carbocycles. The predicted octanol–water partition coefficient (Wildman–Crippen LogP) is 3.57. The van der Waals surface area contributed by atoms with E-state index >= 15 is 0 Å². The zero-order chi connectivity index (χ0) is 19.1. The van der Waals surface area contributed by atoms with E-state index in [1.165, 1.54) is 12.1 Å². The van der Waals surface area contributed by atoms with Crippen LogP contribution in [-0.4, -0.2) is 30.0 Å². The molecule has 0 aliphatic heterocycles. The maximum absolute atomic E-state index is 11.8. The number of amides is 1. The smallest absolute Gasteiger partial charge is 0.344 e. The van der Waals surface area contributed by atoms with Crippen molar-refractivity contribution < 1.29 is 24.0 Å². The van der Waals surface area contributed by atoms with Gasteiger partial charge in [0.25, 0.3) is 11.6 Å². The Labute approximate surface area is 161 Å². The molecule has 10 heteroatoms. The maximum Gasteiger partial charge on any atom is 0.344 e. The summed E-state index contributed by atoms with van der Waals surface area (Å²) in [6.45, 7) is -0.995. The normalized spacial score (nSPS) is 10.1. The monoisotopic (exact) mass is 442 g/mol. The van der Waals surface area contributed by atoms with Crippen LogP contribution in [-0.2, 0) is 14.3 Å². The zero-order valence-corrected chi connectivity index (χ0v) is 15.5. The van der Waals surface area contributed by atoms with E-state index in [9.17, 15) is 19.7 Å². The van der Waals surface area contributed by atoms with Crippen molar-refractivity contribution in [3.05, 3.63) is 62.1 Å². The number of nitro benzene ring substituents is 1. The molecule has 0 saturated heterocycles. The van der Waals surface area contributed by atoms with Crippen LogP contribution in [0.1, 0.15) is 0 Å². The second-order valence-corrected chi connectivity index (χ2v) is 6.23. The lowest BCUT2D eigenvalue weighted by Gasteiger charge is -2.08. The summed E-state index contributed by atoms with van der Waals surface area (Å²) in [6.07, 6.45) is 0. The fraction of sp³-hybridized carbons (Fsp3) is 0.125. The van der Waals surface area contributed by atoms with Gasteiger partial charge in [0.2, 0.25) is 0 Å². The molecule has 136 valence electrons. The lowest BCUT2D eigenvalue weighted by Crippen LogP contribution is -2.24. The van der Waals surface area contributed by atoms with E-state index in [1.807, 2.05) is 0 Å². The highest BCUT2D eigenvalue weighted by Crippen LogP contribution is 2.27. The largest absolute Gasteiger partial charge is 0.482 e. The summed E-state index contributed by atoms with van der Waals surface area (Å²) in [4.78, 5) is 33.7. The molecule has 0 aliphatic rings. The van der Waals surface area contributed by atoms with Crippen molar-refractivity contribution in [3.8, 4) is 5.75 Å². The van der Waals surface area contributed by atoms with Crippen molar-refractivity contribution >= 4 is 50.8 Å². The summed E-state index contributed by atoms with van der Waals surface area (Å²) < 4.78 is 10.8. The predicted molar refractivity (Wildman–Crippen MR) is 97.3 cm³/mol. The molecule has 1 amide bonds. The van der Waals surface area contributed by atoms with Crippen molar-refractivity contribution in [1.29, 1.82) is 0 Å². The summed E-state index contributed by atoms with van der Waals surface area (Å²) in [6, 6.07) is 10.6. The molecule has 0 radical (unpaired) electrons. The van der Waals surface area contributed by atoms with E-state index in [4.69, 9.17) is 21.1 Å². The van der Waals surface area contributed by atoms with E-state index in [2.05, 4.69) is 21.2 Å². The third-order valence-corrected chi connectivity index (χ3v) is 3.68. The van der Waals surface area contributed by atoms with Gasteiger partial charge >= 0.3 is 5.97 Å². The summed E-state index contributed by atoms with van der Waals surface area (Å²) in [7, 11) is 0. The van der Waals surface area contributed by atoms with Crippen LogP contribution >= 0.6 is 27.5 Å². The van der Waals surface area contributed by atoms with E-state index in [0.29, 0.717) is 5.75 Å². The maximum atomic E-state index is 11.8. The molecule has 0 spiro atoms. The first-order valence-electron chi connectivity index (χ1n) is 7.13. The average molecular weight is 444 g/mol. The van der Waals surface area contributed by atoms with Crippen LogP contribution in [0.2, 0.25) is 5.02 Å². The summed E-state index contributed by atoms with van der Waals surface area (Å²) in [5.74, 6) is -1.03. The molecule has 2 aromatic rings. The van der Waals surface area contributed by atoms with Crippen molar-refractivity contribution in [2.24, 2.45) is 0 Å². The van der Waals surface area contributed by atoms with Crippen LogP contribution in [0.5, 0.6) is 5.75 Å². The summed E-state index contributed by atoms with van der Waals surface area (Å²) in [5, 5.41) is 13.4. The minimum atomic E-state index is -0.759. The number of rotatable bonds is 7. The van der Waals surface area contributed by atoms with Crippen LogP contribution in [0, 0.1) is 10.1 Å². The average Bonchev–Trinajstić information content (AvgIpc) is 2.59. The van der Waals surface area contributed by atoms with Crippen LogP contribution in [0.25, 0.3) is 0 Å². The molecule has 2 aromatic carbocycles. The van der Waals surface area contributed by atoms with Crippen LogP contribution in [0.4, 0.5) is 11.4 Å². The lowest BCUT2D eigenvalue weighted by atomic mass is 10.2. The number of hydrogen-bond acceptors (Lipinski definition) is 6. The molecule has 26 heavy (non-hydrogen) atoms. The second kappa shape index (κ2) is 9.16. The summed E-state index contributed by atoms with van der Waals surface area (Å²) in [5.41, 5.74) is -0.416. The number of carbonyl (C=O) groups is 2. The second-order valence-electron chi connectivity index (χ2n) is 4.87. The van der Waals surface area contributed by atoms with Gasteiger partial charge in [-0.05, 0) is 30.3 Å². The number of anilines is 1. The Kier molecular flexibility index (Phi) is 6.93. The summed E-state index contributed by atoms with van der Waals surface area (Å²) >= 11 is 8.96. The van der Waals surface area contributed by atoms with Gasteiger partial charge in [-0.1, -0.05) is 33.6 Å². The topological polar surface area (TPSA) is 108 Å². The minimum absolute atomic E-state index is 0.0502. The standard InChI is InChI=1S/C16H12BrClN2O6/c17-10-2-1-3-12(6-10)25-9-16(22)26-8-15(21)19-13-5-4-11(18)7-14(13)20(23)24/h1-7H,8-9H2,(H,19,21). The van der Waals surface area contributed by atoms with Gasteiger partial charge in [-0.2, -0.15) is 0 Å². The third kappa shape index (κ3) is 6.01. The van der Waals surface area contributed by atoms with Crippen molar-refractivity contribution in [3.63, 3.8) is 0 Å². The molecule has 0 unspecified atom stereocenters. The molecule has 0 aromatic heterocycles. The Hall–Kier alpha value is -2.65. The first kappa shape index (κ1) is 19.7. The number of carbonyl (C=O) groups excluding carboxylic acids is 2. The van der Waals surface area contributed by atoms with Crippen molar-refractivity contribution in [2.45, 2.75) is 0 Å². The zero-order valence-electron chi connectivity index (χ0n) is 13.1. The Morgan fingerprint density at radius 2 is 1.96 bits per heavy atom. The number of benzene rings is 2. The van der Waals surface area contributed by atoms with Gasteiger partial charge in [-0.15, -0.1) is 0 Å². The highest BCUT2D eigenvalue weighted by molar-refractivity contribution is 9.10. The highest BCUT2D eigenvalue weighted by Gasteiger charge is 2.17. The van der Waals surface area contributed by atoms with Gasteiger partial charge in [-0.3, -0.25) is 14.9 Å². The number of nitrogens with one attached hydrogen (secondary N) is 1. The number of esters is 1. The molecule has 0 atom stereocenters. The van der Waals surface area contributed by atoms with E-state index < -0.39 is 23.4 Å². The SMILES string of the molecule is O=C(COC(=O)COc1cccc(Br)c1)Nc1ccc(Cl)cc1[N+](=O)[O-]. The van der Waals surface area contributed by atoms with Gasteiger partial charge < -0.3 is 14.8 Å². The van der Waals surface area contributed by atoms with Crippen LogP contribution in [0.3, 0.4) is 0 Å². The van der Waals surface area contributed by atoms with Gasteiger partial charge in [-0.25, -0.2) is 4.79 Å². The Bertz CT molecular complexity index is 845. The molecule has 1 N–H and O–H groups in total. The van der Waals surface area contributed by atoms with Crippen molar-refractivity contribution in [1.82, 2.24) is 0 Å². The molecular formula is C16H12BrClN2O6. The Morgan fingerprint density at radius 3 is 2.65 bits per heavy atom. The van der Waals surface area contributed by atoms with Crippen LogP contribution in [0.15, 0.2) is 46.9 Å². The molecule has 0 heterocycles. The van der Waals surface area contributed by atoms with Gasteiger partial charge in [0, 0.05) is 15.6 Å². The molecule has 0 saturated carbocycles. The highest BCUT2D eigenvalue weighted by atomic mass is 79.9. The molecule has 8 nitrogen and oxygen atoms in total. The Morgan fingerprint density at radius 1 is 1.19 bits per heavy atom. The van der Waals surface area contributed by atoms with Gasteiger partial charge in [0.05, 0.1) is 4.92 Å². The number of halogens is 2. The molecule has 0 fully saturated rings. The van der Waals surface area contributed by atoms with Gasteiger partial charge in [0.1, 0.15) is 11.4 Å². The first-order valence-corrected chi connectivity index (χ1v) is 8.30. The van der Waals surface area contributed by atoms with Crippen LogP contribution < -0.4 is 10.1 Å². The fourth-order valence-corrected chi connectivity index (χ4v) is 2.38.